The lowest BCUT2D eigenvalue weighted by atomic mass is 10.1. The molecule has 0 atom stereocenters. The standard InChI is InChI=1S/C16H22N2O3/c1-21-13-5-6-14(15(19)11-13)16(20)18-8-2-7-17(9-10-18)12-3-4-12/h5-6,11-12,19H,2-4,7-10H2,1H3. The van der Waals surface area contributed by atoms with Crippen LogP contribution in [-0.4, -0.2) is 60.1 Å². The summed E-state index contributed by atoms with van der Waals surface area (Å²) >= 11 is 0. The lowest BCUT2D eigenvalue weighted by Crippen LogP contribution is -2.35. The van der Waals surface area contributed by atoms with Gasteiger partial charge in [-0.05, 0) is 31.4 Å². The van der Waals surface area contributed by atoms with Crippen molar-refractivity contribution in [2.24, 2.45) is 0 Å². The second kappa shape index (κ2) is 5.93. The number of benzene rings is 1. The van der Waals surface area contributed by atoms with Gasteiger partial charge in [-0.15, -0.1) is 0 Å². The van der Waals surface area contributed by atoms with Gasteiger partial charge < -0.3 is 14.7 Å². The largest absolute Gasteiger partial charge is 0.507 e. The predicted molar refractivity (Wildman–Crippen MR) is 79.8 cm³/mol. The molecule has 1 heterocycles. The maximum Gasteiger partial charge on any atom is 0.257 e. The van der Waals surface area contributed by atoms with E-state index in [1.807, 2.05) is 4.90 Å². The Morgan fingerprint density at radius 1 is 1.24 bits per heavy atom. The molecule has 21 heavy (non-hydrogen) atoms. The summed E-state index contributed by atoms with van der Waals surface area (Å²) in [5.74, 6) is 0.454. The summed E-state index contributed by atoms with van der Waals surface area (Å²) in [5.41, 5.74) is 0.357. The van der Waals surface area contributed by atoms with Crippen LogP contribution < -0.4 is 4.74 Å². The van der Waals surface area contributed by atoms with Crippen molar-refractivity contribution < 1.29 is 14.6 Å². The Bertz CT molecular complexity index is 528. The van der Waals surface area contributed by atoms with Gasteiger partial charge in [0.1, 0.15) is 11.5 Å². The smallest absolute Gasteiger partial charge is 0.257 e. The number of ether oxygens (including phenoxy) is 1. The fraction of sp³-hybridized carbons (Fsp3) is 0.562. The first-order valence-corrected chi connectivity index (χ1v) is 7.59. The SMILES string of the molecule is COc1ccc(C(=O)N2CCCN(C3CC3)CC2)c(O)c1. The first-order chi connectivity index (χ1) is 10.2. The van der Waals surface area contributed by atoms with Crippen molar-refractivity contribution in [1.82, 2.24) is 9.80 Å². The van der Waals surface area contributed by atoms with Crippen LogP contribution in [0.1, 0.15) is 29.6 Å². The highest BCUT2D eigenvalue weighted by molar-refractivity contribution is 5.97. The quantitative estimate of drug-likeness (QED) is 0.921. The fourth-order valence-electron chi connectivity index (χ4n) is 2.93. The van der Waals surface area contributed by atoms with E-state index in [4.69, 9.17) is 4.74 Å². The average Bonchev–Trinajstić information content (AvgIpc) is 3.32. The molecule has 1 amide bonds. The highest BCUT2D eigenvalue weighted by Crippen LogP contribution is 2.28. The van der Waals surface area contributed by atoms with Gasteiger partial charge in [0.25, 0.3) is 5.91 Å². The first-order valence-electron chi connectivity index (χ1n) is 7.59. The van der Waals surface area contributed by atoms with Crippen molar-refractivity contribution in [1.29, 1.82) is 0 Å². The topological polar surface area (TPSA) is 53.0 Å². The van der Waals surface area contributed by atoms with E-state index in [1.54, 1.807) is 12.1 Å². The number of hydrogen-bond acceptors (Lipinski definition) is 4. The van der Waals surface area contributed by atoms with Crippen LogP contribution in [0.4, 0.5) is 0 Å². The fourth-order valence-corrected chi connectivity index (χ4v) is 2.93. The molecule has 5 nitrogen and oxygen atoms in total. The molecule has 0 bridgehead atoms. The predicted octanol–water partition coefficient (Wildman–Crippen LogP) is 1.71. The van der Waals surface area contributed by atoms with Crippen LogP contribution in [0, 0.1) is 0 Å². The van der Waals surface area contributed by atoms with Crippen LogP contribution in [-0.2, 0) is 0 Å². The molecule has 114 valence electrons. The van der Waals surface area contributed by atoms with Gasteiger partial charge in [-0.25, -0.2) is 0 Å². The van der Waals surface area contributed by atoms with Crippen LogP contribution in [0.15, 0.2) is 18.2 Å². The highest BCUT2D eigenvalue weighted by Gasteiger charge is 2.31. The number of aromatic hydroxyl groups is 1. The number of nitrogens with zero attached hydrogens (tertiary/aromatic N) is 2. The van der Waals surface area contributed by atoms with E-state index in [0.717, 1.165) is 38.6 Å². The molecule has 1 aliphatic heterocycles. The van der Waals surface area contributed by atoms with E-state index in [9.17, 15) is 9.90 Å². The van der Waals surface area contributed by atoms with Gasteiger partial charge in [0.15, 0.2) is 0 Å². The maximum atomic E-state index is 12.6. The third-order valence-electron chi connectivity index (χ3n) is 4.32. The Morgan fingerprint density at radius 2 is 2.05 bits per heavy atom. The monoisotopic (exact) mass is 290 g/mol. The molecule has 0 aromatic heterocycles. The summed E-state index contributed by atoms with van der Waals surface area (Å²) in [6, 6.07) is 5.58. The zero-order valence-electron chi connectivity index (χ0n) is 12.4. The van der Waals surface area contributed by atoms with Crippen LogP contribution in [0.3, 0.4) is 0 Å². The summed E-state index contributed by atoms with van der Waals surface area (Å²) in [6.07, 6.45) is 3.60. The van der Waals surface area contributed by atoms with E-state index < -0.39 is 0 Å². The van der Waals surface area contributed by atoms with Crippen LogP contribution >= 0.6 is 0 Å². The molecule has 2 fully saturated rings. The molecule has 1 saturated carbocycles. The Morgan fingerprint density at radius 3 is 2.71 bits per heavy atom. The third-order valence-corrected chi connectivity index (χ3v) is 4.32. The van der Waals surface area contributed by atoms with Gasteiger partial charge in [0.2, 0.25) is 0 Å². The van der Waals surface area contributed by atoms with Gasteiger partial charge in [0.05, 0.1) is 12.7 Å². The lowest BCUT2D eigenvalue weighted by molar-refractivity contribution is 0.0758. The van der Waals surface area contributed by atoms with Crippen molar-refractivity contribution >= 4 is 5.91 Å². The second-order valence-electron chi connectivity index (χ2n) is 5.80. The normalized spacial score (nSPS) is 20.1. The van der Waals surface area contributed by atoms with Crippen LogP contribution in [0.2, 0.25) is 0 Å². The second-order valence-corrected chi connectivity index (χ2v) is 5.80. The van der Waals surface area contributed by atoms with Crippen molar-refractivity contribution in [2.45, 2.75) is 25.3 Å². The zero-order valence-corrected chi connectivity index (χ0v) is 12.4. The molecule has 3 rings (SSSR count). The average molecular weight is 290 g/mol. The van der Waals surface area contributed by atoms with Crippen molar-refractivity contribution in [3.05, 3.63) is 23.8 Å². The number of phenols is 1. The molecule has 1 aliphatic carbocycles. The maximum absolute atomic E-state index is 12.6. The number of carbonyl (C=O) groups is 1. The summed E-state index contributed by atoms with van der Waals surface area (Å²) in [7, 11) is 1.54. The first kappa shape index (κ1) is 14.2. The highest BCUT2D eigenvalue weighted by atomic mass is 16.5. The summed E-state index contributed by atoms with van der Waals surface area (Å²) in [4.78, 5) is 16.9. The van der Waals surface area contributed by atoms with Crippen molar-refractivity contribution in [3.63, 3.8) is 0 Å². The van der Waals surface area contributed by atoms with Crippen LogP contribution in [0.25, 0.3) is 0 Å². The number of amides is 1. The van der Waals surface area contributed by atoms with Gasteiger partial charge >= 0.3 is 0 Å². The van der Waals surface area contributed by atoms with Gasteiger partial charge in [-0.3, -0.25) is 9.69 Å². The van der Waals surface area contributed by atoms with E-state index in [-0.39, 0.29) is 11.7 Å². The minimum absolute atomic E-state index is 0.0114. The molecule has 2 aliphatic rings. The number of carbonyl (C=O) groups excluding carboxylic acids is 1. The molecule has 0 radical (unpaired) electrons. The molecular weight excluding hydrogens is 268 g/mol. The molecule has 0 unspecified atom stereocenters. The van der Waals surface area contributed by atoms with Crippen LogP contribution in [0.5, 0.6) is 11.5 Å². The van der Waals surface area contributed by atoms with E-state index in [1.165, 1.54) is 26.0 Å². The number of phenolic OH excluding ortho intramolecular Hbond substituents is 1. The number of methoxy groups -OCH3 is 1. The van der Waals surface area contributed by atoms with Gasteiger partial charge in [-0.1, -0.05) is 0 Å². The van der Waals surface area contributed by atoms with Gasteiger partial charge in [0, 0.05) is 38.3 Å². The number of hydrogen-bond donors (Lipinski definition) is 1. The minimum Gasteiger partial charge on any atom is -0.507 e. The van der Waals surface area contributed by atoms with Crippen molar-refractivity contribution in [3.8, 4) is 11.5 Å². The van der Waals surface area contributed by atoms with E-state index in [2.05, 4.69) is 4.90 Å². The molecule has 1 N–H and O–H groups in total. The Hall–Kier alpha value is -1.75. The molecule has 1 aromatic rings. The summed E-state index contributed by atoms with van der Waals surface area (Å²) in [6.45, 7) is 3.50. The number of rotatable bonds is 3. The minimum atomic E-state index is -0.0900. The Kier molecular flexibility index (Phi) is 4.01. The summed E-state index contributed by atoms with van der Waals surface area (Å²) < 4.78 is 5.05. The van der Waals surface area contributed by atoms with E-state index >= 15 is 0 Å². The Labute approximate surface area is 125 Å². The zero-order chi connectivity index (χ0) is 14.8. The lowest BCUT2D eigenvalue weighted by Gasteiger charge is -2.22. The van der Waals surface area contributed by atoms with E-state index in [0.29, 0.717) is 11.3 Å². The van der Waals surface area contributed by atoms with Crippen molar-refractivity contribution in [2.75, 3.05) is 33.3 Å². The van der Waals surface area contributed by atoms with Gasteiger partial charge in [-0.2, -0.15) is 0 Å². The Balaban J connectivity index is 1.69. The molecule has 1 aromatic carbocycles. The third kappa shape index (κ3) is 3.13. The summed E-state index contributed by atoms with van der Waals surface area (Å²) in [5, 5.41) is 10.0. The molecule has 1 saturated heterocycles. The molecule has 0 spiro atoms. The molecular formula is C16H22N2O3. The molecule has 5 heteroatoms.